The van der Waals surface area contributed by atoms with E-state index in [-0.39, 0.29) is 0 Å². The van der Waals surface area contributed by atoms with Crippen molar-refractivity contribution in [2.24, 2.45) is 0 Å². The largest absolute Gasteiger partial charge is 0.362 e. The van der Waals surface area contributed by atoms with Crippen LogP contribution in [0.15, 0.2) is 71.6 Å². The van der Waals surface area contributed by atoms with Crippen molar-refractivity contribution < 1.29 is 4.52 Å². The van der Waals surface area contributed by atoms with Crippen LogP contribution in [-0.4, -0.2) is 24.5 Å². The van der Waals surface area contributed by atoms with E-state index < -0.39 is 0 Å². The highest BCUT2D eigenvalue weighted by molar-refractivity contribution is 7.03. The molecule has 0 saturated heterocycles. The molecule has 0 amide bonds. The number of nitrogens with zero attached hydrogens (tertiary/aromatic N) is 5. The minimum absolute atomic E-state index is 0.856. The summed E-state index contributed by atoms with van der Waals surface area (Å²) in [5.41, 5.74) is 3.56. The number of rotatable bonds is 0. The Morgan fingerprint density at radius 2 is 1.18 bits per heavy atom. The first kappa shape index (κ1) is 38.3. The van der Waals surface area contributed by atoms with Gasteiger partial charge in [-0.25, -0.2) is 14.3 Å². The molecule has 0 N–H and O–H groups in total. The first-order valence-corrected chi connectivity index (χ1v) is 12.7. The van der Waals surface area contributed by atoms with Gasteiger partial charge in [-0.2, -0.15) is 0 Å². The highest BCUT2D eigenvalue weighted by atomic mass is 32.1. The zero-order valence-electron chi connectivity index (χ0n) is 23.4. The summed E-state index contributed by atoms with van der Waals surface area (Å²) < 4.78 is 8.45. The molecule has 34 heavy (non-hydrogen) atoms. The molecule has 7 heteroatoms. The highest BCUT2D eigenvalue weighted by Crippen LogP contribution is 1.96. The summed E-state index contributed by atoms with van der Waals surface area (Å²) in [6.07, 6.45) is 12.1. The first-order chi connectivity index (χ1) is 16.6. The Kier molecular flexibility index (Phi) is 39.1. The van der Waals surface area contributed by atoms with Crippen molar-refractivity contribution >= 4 is 11.5 Å². The monoisotopic (exact) mass is 489 g/mol. The van der Waals surface area contributed by atoms with Crippen LogP contribution in [0.1, 0.15) is 77.8 Å². The van der Waals surface area contributed by atoms with E-state index in [1.165, 1.54) is 29.0 Å². The van der Waals surface area contributed by atoms with E-state index in [0.29, 0.717) is 0 Å². The maximum Gasteiger partial charge on any atom is 0.133 e. The molecule has 0 atom stereocenters. The minimum Gasteiger partial charge on any atom is -0.362 e. The second-order valence-electron chi connectivity index (χ2n) is 5.27. The molecule has 0 saturated carbocycles. The Bertz CT molecular complexity index is 709. The number of pyridine rings is 1. The summed E-state index contributed by atoms with van der Waals surface area (Å²) in [6.45, 7) is 23.9. The molecule has 4 aromatic rings. The third-order valence-electron chi connectivity index (χ3n) is 2.62. The lowest BCUT2D eigenvalue weighted by Crippen LogP contribution is -1.75. The van der Waals surface area contributed by atoms with Crippen LogP contribution in [0.25, 0.3) is 0 Å². The van der Waals surface area contributed by atoms with Gasteiger partial charge in [-0.05, 0) is 62.0 Å². The highest BCUT2D eigenvalue weighted by Gasteiger charge is 1.78. The van der Waals surface area contributed by atoms with Gasteiger partial charge in [-0.15, -0.1) is 0 Å². The molecule has 0 aromatic carbocycles. The number of aryl methyl sites for hydroxylation is 4. The van der Waals surface area contributed by atoms with Crippen molar-refractivity contribution in [2.75, 3.05) is 0 Å². The van der Waals surface area contributed by atoms with Gasteiger partial charge in [0, 0.05) is 42.4 Å². The maximum absolute atomic E-state index is 4.58. The Hall–Kier alpha value is -2.93. The number of hydrogen-bond donors (Lipinski definition) is 0. The van der Waals surface area contributed by atoms with Gasteiger partial charge < -0.3 is 4.52 Å². The maximum atomic E-state index is 4.58. The topological polar surface area (TPSA) is 77.6 Å². The Morgan fingerprint density at radius 3 is 1.35 bits per heavy atom. The fraction of sp³-hybridized carbons (Fsp3) is 0.444. The van der Waals surface area contributed by atoms with Gasteiger partial charge in [0.2, 0.25) is 0 Å². The van der Waals surface area contributed by atoms with Crippen molar-refractivity contribution in [1.82, 2.24) is 24.5 Å². The average Bonchev–Trinajstić information content (AvgIpc) is 3.60. The zero-order valence-corrected chi connectivity index (χ0v) is 24.2. The van der Waals surface area contributed by atoms with Crippen LogP contribution in [0.2, 0.25) is 0 Å². The van der Waals surface area contributed by atoms with Crippen LogP contribution in [0.5, 0.6) is 0 Å². The van der Waals surface area contributed by atoms with E-state index in [2.05, 4.69) is 29.0 Å². The van der Waals surface area contributed by atoms with E-state index in [4.69, 9.17) is 0 Å². The first-order valence-electron chi connectivity index (χ1n) is 11.9. The number of hydrogen-bond acceptors (Lipinski definition) is 7. The lowest BCUT2D eigenvalue weighted by molar-refractivity contribution is 0.397. The van der Waals surface area contributed by atoms with Crippen molar-refractivity contribution in [3.63, 3.8) is 0 Å². The summed E-state index contributed by atoms with van der Waals surface area (Å²) in [5.74, 6) is 0.856. The third-order valence-corrected chi connectivity index (χ3v) is 3.33. The third kappa shape index (κ3) is 31.3. The lowest BCUT2D eigenvalue weighted by Gasteiger charge is -1.82. The van der Waals surface area contributed by atoms with Gasteiger partial charge in [0.05, 0.1) is 6.20 Å². The minimum atomic E-state index is 0.856. The molecule has 0 spiro atoms. The van der Waals surface area contributed by atoms with Crippen molar-refractivity contribution in [3.05, 3.63) is 89.5 Å². The SMILES string of the molecule is CC.CC.CC.CC.Cc1cccnc1.Cc1ccno1.Cc1cncnc1.Cc1cnsc1. The van der Waals surface area contributed by atoms with Gasteiger partial charge in [0.15, 0.2) is 0 Å². The van der Waals surface area contributed by atoms with E-state index in [1.54, 1.807) is 30.9 Å². The quantitative estimate of drug-likeness (QED) is 0.246. The predicted molar refractivity (Wildman–Crippen MR) is 149 cm³/mol. The smallest absolute Gasteiger partial charge is 0.133 e. The van der Waals surface area contributed by atoms with Crippen molar-refractivity contribution in [1.29, 1.82) is 0 Å². The van der Waals surface area contributed by atoms with Crippen molar-refractivity contribution in [3.8, 4) is 0 Å². The van der Waals surface area contributed by atoms with E-state index >= 15 is 0 Å². The molecular weight excluding hydrogens is 442 g/mol. The second-order valence-corrected chi connectivity index (χ2v) is 5.93. The molecule has 0 radical (unpaired) electrons. The Balaban J connectivity index is -0.000000161. The summed E-state index contributed by atoms with van der Waals surface area (Å²) >= 11 is 1.49. The van der Waals surface area contributed by atoms with Gasteiger partial charge in [-0.3, -0.25) is 4.98 Å². The molecule has 0 bridgehead atoms. The Morgan fingerprint density at radius 1 is 0.618 bits per heavy atom. The molecule has 192 valence electrons. The van der Waals surface area contributed by atoms with Crippen LogP contribution in [0.3, 0.4) is 0 Å². The fourth-order valence-corrected chi connectivity index (χ4v) is 1.87. The van der Waals surface area contributed by atoms with E-state index in [0.717, 1.165) is 11.3 Å². The van der Waals surface area contributed by atoms with Gasteiger partial charge in [0.25, 0.3) is 0 Å². The molecule has 0 unspecified atom stereocenters. The molecule has 4 rings (SSSR count). The van der Waals surface area contributed by atoms with Crippen LogP contribution in [0.4, 0.5) is 0 Å². The van der Waals surface area contributed by atoms with Gasteiger partial charge >= 0.3 is 0 Å². The number of aromatic nitrogens is 5. The summed E-state index contributed by atoms with van der Waals surface area (Å²) in [7, 11) is 0. The van der Waals surface area contributed by atoms with Crippen LogP contribution in [-0.2, 0) is 0 Å². The van der Waals surface area contributed by atoms with Crippen LogP contribution >= 0.6 is 11.5 Å². The van der Waals surface area contributed by atoms with Gasteiger partial charge in [-0.1, -0.05) is 66.6 Å². The lowest BCUT2D eigenvalue weighted by atomic mass is 10.3. The molecule has 0 aliphatic heterocycles. The molecule has 4 aromatic heterocycles. The molecule has 6 nitrogen and oxygen atoms in total. The Labute approximate surface area is 213 Å². The van der Waals surface area contributed by atoms with E-state index in [9.17, 15) is 0 Å². The summed E-state index contributed by atoms with van der Waals surface area (Å²) in [6, 6.07) is 5.75. The zero-order chi connectivity index (χ0) is 27.0. The second kappa shape index (κ2) is 34.7. The molecular formula is C27H47N5OS. The van der Waals surface area contributed by atoms with Gasteiger partial charge in [0.1, 0.15) is 12.1 Å². The average molecular weight is 490 g/mol. The van der Waals surface area contributed by atoms with Crippen LogP contribution in [0, 0.1) is 27.7 Å². The van der Waals surface area contributed by atoms with Crippen LogP contribution < -0.4 is 0 Å². The summed E-state index contributed by atoms with van der Waals surface area (Å²) in [4.78, 5) is 11.4. The molecule has 0 aliphatic carbocycles. The molecule has 0 fully saturated rings. The molecule has 4 heterocycles. The van der Waals surface area contributed by atoms with Crippen molar-refractivity contribution in [2.45, 2.75) is 83.1 Å². The standard InChI is InChI=1S/C6H7N.C5H6N2.C4H5NO.C4H5NS.4C2H6/c1-6-3-2-4-7-5-6;1-5-2-6-4-7-3-5;1-4-2-3-5-6-4;1-4-2-5-6-3-4;4*1-2/h2-5H,1H3;2-4H,1H3;2*2-3H,1H3;4*1-2H3. The summed E-state index contributed by atoms with van der Waals surface area (Å²) in [5, 5.41) is 5.46. The predicted octanol–water partition coefficient (Wildman–Crippen LogP) is 8.71. The molecule has 0 aliphatic rings. The fourth-order valence-electron chi connectivity index (χ4n) is 1.36. The normalized spacial score (nSPS) is 7.41. The van der Waals surface area contributed by atoms with E-state index in [1.807, 2.05) is 113 Å².